The first-order chi connectivity index (χ1) is 17.0. The lowest BCUT2D eigenvalue weighted by Gasteiger charge is -2.29. The minimum Gasteiger partial charge on any atom is -0.362 e. The number of aromatic amines is 1. The molecule has 1 aliphatic rings. The first-order valence-corrected chi connectivity index (χ1v) is 12.1. The van der Waals surface area contributed by atoms with Gasteiger partial charge in [-0.05, 0) is 49.8 Å². The molecule has 8 heteroatoms. The predicted molar refractivity (Wildman–Crippen MR) is 139 cm³/mol. The molecule has 2 aromatic heterocycles. The number of fused-ring (bicyclic) bond motifs is 2. The van der Waals surface area contributed by atoms with Gasteiger partial charge in [-0.2, -0.15) is 4.98 Å². The number of hydrogen-bond acceptors (Lipinski definition) is 6. The van der Waals surface area contributed by atoms with Gasteiger partial charge in [0.2, 0.25) is 5.95 Å². The summed E-state index contributed by atoms with van der Waals surface area (Å²) < 4.78 is 0. The van der Waals surface area contributed by atoms with Crippen LogP contribution in [0.1, 0.15) is 36.0 Å². The molecule has 4 aromatic rings. The van der Waals surface area contributed by atoms with Crippen molar-refractivity contribution in [1.82, 2.24) is 20.3 Å². The fourth-order valence-electron chi connectivity index (χ4n) is 4.86. The quantitative estimate of drug-likeness (QED) is 0.277. The van der Waals surface area contributed by atoms with Gasteiger partial charge in [0.25, 0.3) is 11.7 Å². The van der Waals surface area contributed by atoms with E-state index in [1.54, 1.807) is 6.20 Å². The molecule has 2 aromatic carbocycles. The van der Waals surface area contributed by atoms with E-state index in [1.807, 2.05) is 67.5 Å². The average Bonchev–Trinajstić information content (AvgIpc) is 3.31. The molecule has 5 rings (SSSR count). The number of hydrogen-bond donors (Lipinski definition) is 3. The molecule has 0 radical (unpaired) electrons. The van der Waals surface area contributed by atoms with E-state index in [2.05, 4.69) is 15.6 Å². The van der Waals surface area contributed by atoms with Crippen LogP contribution >= 0.6 is 0 Å². The zero-order chi connectivity index (χ0) is 24.4. The Kier molecular flexibility index (Phi) is 6.35. The topological polar surface area (TPSA) is 103 Å². The summed E-state index contributed by atoms with van der Waals surface area (Å²) in [6.45, 7) is 0.511. The third-order valence-electron chi connectivity index (χ3n) is 6.78. The van der Waals surface area contributed by atoms with Gasteiger partial charge in [0.1, 0.15) is 5.82 Å². The van der Waals surface area contributed by atoms with Crippen LogP contribution in [0.15, 0.2) is 54.7 Å². The van der Waals surface area contributed by atoms with Crippen LogP contribution in [0, 0.1) is 5.92 Å². The van der Waals surface area contributed by atoms with Crippen LogP contribution in [0.2, 0.25) is 0 Å². The molecule has 35 heavy (non-hydrogen) atoms. The van der Waals surface area contributed by atoms with Crippen molar-refractivity contribution in [2.24, 2.45) is 5.92 Å². The molecule has 0 atom stereocenters. The van der Waals surface area contributed by atoms with E-state index in [4.69, 9.17) is 9.97 Å². The molecular weight excluding hydrogens is 440 g/mol. The second-order valence-corrected chi connectivity index (χ2v) is 9.43. The Balaban J connectivity index is 1.15. The van der Waals surface area contributed by atoms with Crippen LogP contribution in [-0.2, 0) is 4.79 Å². The first kappa shape index (κ1) is 22.8. The summed E-state index contributed by atoms with van der Waals surface area (Å²) in [6.07, 6.45) is 5.47. The maximum Gasteiger partial charge on any atom is 0.292 e. The lowest BCUT2D eigenvalue weighted by molar-refractivity contribution is -0.117. The van der Waals surface area contributed by atoms with Crippen LogP contribution < -0.4 is 15.5 Å². The lowest BCUT2D eigenvalue weighted by Crippen LogP contribution is -2.37. The van der Waals surface area contributed by atoms with E-state index >= 15 is 0 Å². The molecular formula is C27H30N6O2. The first-order valence-electron chi connectivity index (χ1n) is 12.1. The number of nitrogens with one attached hydrogen (secondary N) is 3. The fraction of sp³-hybridized carbons (Fsp3) is 0.333. The van der Waals surface area contributed by atoms with Gasteiger partial charge in [-0.15, -0.1) is 0 Å². The Morgan fingerprint density at radius 3 is 2.46 bits per heavy atom. The summed E-state index contributed by atoms with van der Waals surface area (Å²) >= 11 is 0. The van der Waals surface area contributed by atoms with Crippen LogP contribution in [0.25, 0.3) is 21.8 Å². The normalized spacial score (nSPS) is 17.9. The van der Waals surface area contributed by atoms with Gasteiger partial charge in [0.15, 0.2) is 0 Å². The monoisotopic (exact) mass is 470 g/mol. The maximum absolute atomic E-state index is 12.7. The van der Waals surface area contributed by atoms with Crippen molar-refractivity contribution in [3.8, 4) is 0 Å². The van der Waals surface area contributed by atoms with Crippen LogP contribution in [-0.4, -0.2) is 53.3 Å². The van der Waals surface area contributed by atoms with Gasteiger partial charge >= 0.3 is 0 Å². The molecule has 8 nitrogen and oxygen atoms in total. The molecule has 1 amide bonds. The number of amides is 1. The van der Waals surface area contributed by atoms with Crippen molar-refractivity contribution in [3.05, 3.63) is 60.3 Å². The number of rotatable bonds is 7. The number of Topliss-reactive ketones (excluding diaryl/α,β-unsaturated/α-hetero) is 1. The minimum absolute atomic E-state index is 0.283. The Morgan fingerprint density at radius 2 is 1.69 bits per heavy atom. The third kappa shape index (κ3) is 4.82. The summed E-state index contributed by atoms with van der Waals surface area (Å²) in [4.78, 5) is 39.7. The number of para-hydroxylation sites is 2. The number of nitrogens with zero attached hydrogens (tertiary/aromatic N) is 3. The molecule has 2 heterocycles. The van der Waals surface area contributed by atoms with Crippen molar-refractivity contribution in [1.29, 1.82) is 0 Å². The van der Waals surface area contributed by atoms with Gasteiger partial charge in [-0.1, -0.05) is 30.3 Å². The number of carbonyl (C=O) groups excluding carboxylic acids is 2. The standard InChI is InChI=1S/C27H30N6O2/c1-33(2)25-20-8-4-6-10-23(20)31-27(32-25)30-18-13-11-17(12-14-18)15-29-26(35)24(34)21-16-28-22-9-5-3-7-19(21)22/h3-10,16-18,28H,11-15H2,1-2H3,(H,29,35)(H,30,31,32). The number of anilines is 2. The fourth-order valence-corrected chi connectivity index (χ4v) is 4.86. The van der Waals surface area contributed by atoms with Crippen molar-refractivity contribution in [2.45, 2.75) is 31.7 Å². The Morgan fingerprint density at radius 1 is 0.971 bits per heavy atom. The van der Waals surface area contributed by atoms with Gasteiger partial charge in [0.05, 0.1) is 11.1 Å². The minimum atomic E-state index is -0.546. The zero-order valence-corrected chi connectivity index (χ0v) is 20.0. The molecule has 1 fully saturated rings. The van der Waals surface area contributed by atoms with Gasteiger partial charge in [-0.3, -0.25) is 9.59 Å². The van der Waals surface area contributed by atoms with Crippen molar-refractivity contribution in [2.75, 3.05) is 30.9 Å². The molecule has 3 N–H and O–H groups in total. The Bertz CT molecular complexity index is 1370. The van der Waals surface area contributed by atoms with E-state index in [1.165, 1.54) is 0 Å². The molecule has 1 aliphatic carbocycles. The van der Waals surface area contributed by atoms with Crippen LogP contribution in [0.5, 0.6) is 0 Å². The van der Waals surface area contributed by atoms with E-state index < -0.39 is 11.7 Å². The molecule has 0 spiro atoms. The Hall–Kier alpha value is -3.94. The van der Waals surface area contributed by atoms with Gasteiger partial charge in [-0.25, -0.2) is 4.98 Å². The highest BCUT2D eigenvalue weighted by molar-refractivity contribution is 6.44. The third-order valence-corrected chi connectivity index (χ3v) is 6.78. The average molecular weight is 471 g/mol. The zero-order valence-electron chi connectivity index (χ0n) is 20.0. The van der Waals surface area contributed by atoms with Crippen LogP contribution in [0.4, 0.5) is 11.8 Å². The van der Waals surface area contributed by atoms with Crippen molar-refractivity contribution < 1.29 is 9.59 Å². The van der Waals surface area contributed by atoms with Crippen molar-refractivity contribution >= 4 is 45.3 Å². The van der Waals surface area contributed by atoms with Crippen LogP contribution in [0.3, 0.4) is 0 Å². The molecule has 1 saturated carbocycles. The molecule has 0 aliphatic heterocycles. The second-order valence-electron chi connectivity index (χ2n) is 9.43. The highest BCUT2D eigenvalue weighted by Crippen LogP contribution is 2.28. The van der Waals surface area contributed by atoms with E-state index in [-0.39, 0.29) is 6.04 Å². The predicted octanol–water partition coefficient (Wildman–Crippen LogP) is 4.15. The number of benzene rings is 2. The largest absolute Gasteiger partial charge is 0.362 e. The Labute approximate surface area is 204 Å². The van der Waals surface area contributed by atoms with E-state index in [0.717, 1.165) is 53.3 Å². The highest BCUT2D eigenvalue weighted by Gasteiger charge is 2.25. The molecule has 0 unspecified atom stereocenters. The lowest BCUT2D eigenvalue weighted by atomic mass is 9.86. The summed E-state index contributed by atoms with van der Waals surface area (Å²) in [7, 11) is 3.97. The van der Waals surface area contributed by atoms with Gasteiger partial charge < -0.3 is 20.5 Å². The maximum atomic E-state index is 12.7. The number of carbonyl (C=O) groups is 2. The highest BCUT2D eigenvalue weighted by atomic mass is 16.2. The summed E-state index contributed by atoms with van der Waals surface area (Å²) in [5.41, 5.74) is 2.19. The molecule has 180 valence electrons. The van der Waals surface area contributed by atoms with E-state index in [0.29, 0.717) is 24.0 Å². The van der Waals surface area contributed by atoms with E-state index in [9.17, 15) is 9.59 Å². The summed E-state index contributed by atoms with van der Waals surface area (Å²) in [6, 6.07) is 15.8. The summed E-state index contributed by atoms with van der Waals surface area (Å²) in [5.74, 6) is 0.851. The summed E-state index contributed by atoms with van der Waals surface area (Å²) in [5, 5.41) is 8.17. The SMILES string of the molecule is CN(C)c1nc(NC2CCC(CNC(=O)C(=O)c3c[nH]c4ccccc34)CC2)nc2ccccc12. The molecule has 0 saturated heterocycles. The molecule has 0 bridgehead atoms. The number of H-pyrrole nitrogens is 1. The second kappa shape index (κ2) is 9.74. The van der Waals surface area contributed by atoms with Crippen molar-refractivity contribution in [3.63, 3.8) is 0 Å². The van der Waals surface area contributed by atoms with Gasteiger partial charge in [0, 0.05) is 49.2 Å². The number of ketones is 1. The smallest absolute Gasteiger partial charge is 0.292 e. The number of aromatic nitrogens is 3.